The average Bonchev–Trinajstić information content (AvgIpc) is 1.97. The van der Waals surface area contributed by atoms with Crippen LogP contribution in [0.3, 0.4) is 0 Å². The van der Waals surface area contributed by atoms with Gasteiger partial charge in [0.15, 0.2) is 5.82 Å². The summed E-state index contributed by atoms with van der Waals surface area (Å²) in [4.78, 5) is 6.37. The van der Waals surface area contributed by atoms with Gasteiger partial charge in [0.2, 0.25) is 15.7 Å². The van der Waals surface area contributed by atoms with Crippen molar-refractivity contribution in [2.45, 2.75) is 3.79 Å². The summed E-state index contributed by atoms with van der Waals surface area (Å²) in [6.45, 7) is 0. The smallest absolute Gasteiger partial charge is 0.199 e. The van der Waals surface area contributed by atoms with Crippen LogP contribution in [0.25, 0.3) is 0 Å². The van der Waals surface area contributed by atoms with Gasteiger partial charge in [-0.1, -0.05) is 34.8 Å². The lowest BCUT2D eigenvalue weighted by molar-refractivity contribution is 0.501. The molecule has 2 nitrogen and oxygen atoms in total. The van der Waals surface area contributed by atoms with E-state index in [1.807, 2.05) is 0 Å². The third-order valence-corrected chi connectivity index (χ3v) is 2.42. The second-order valence-electron chi connectivity index (χ2n) is 1.94. The largest absolute Gasteiger partial charge is 0.250 e. The maximum atomic E-state index is 12.8. The van der Waals surface area contributed by atoms with Crippen molar-refractivity contribution in [1.82, 2.24) is 9.97 Å². The van der Waals surface area contributed by atoms with Crippen molar-refractivity contribution in [1.29, 1.82) is 0 Å². The molecule has 0 spiro atoms. The molecule has 1 rings (SSSR count). The fraction of sp³-hybridized carbons (Fsp3) is 0.200. The molecule has 8 heteroatoms. The minimum Gasteiger partial charge on any atom is -0.199 e. The molecule has 0 unspecified atom stereocenters. The van der Waals surface area contributed by atoms with Crippen LogP contribution in [0, 0.1) is 15.5 Å². The van der Waals surface area contributed by atoms with E-state index in [4.69, 9.17) is 34.8 Å². The van der Waals surface area contributed by atoms with E-state index in [0.717, 1.165) is 0 Å². The molecule has 0 amide bonds. The number of hydrogen-bond donors (Lipinski definition) is 0. The first kappa shape index (κ1) is 11.6. The van der Waals surface area contributed by atoms with Gasteiger partial charge in [-0.3, -0.25) is 0 Å². The number of nitrogens with zero attached hydrogens (tertiary/aromatic N) is 2. The minimum atomic E-state index is -2.02. The molecule has 1 heterocycles. The second-order valence-corrected chi connectivity index (χ2v) is 5.30. The van der Waals surface area contributed by atoms with Crippen molar-refractivity contribution in [3.63, 3.8) is 0 Å². The summed E-state index contributed by atoms with van der Waals surface area (Å²) < 4.78 is 23.2. The quantitative estimate of drug-likeness (QED) is 0.404. The predicted octanol–water partition coefficient (Wildman–Crippen LogP) is 3.19. The van der Waals surface area contributed by atoms with Crippen LogP contribution in [0.5, 0.6) is 0 Å². The highest BCUT2D eigenvalue weighted by molar-refractivity contribution is 14.1. The maximum Gasteiger partial charge on any atom is 0.250 e. The molecule has 0 aliphatic carbocycles. The molecule has 0 saturated carbocycles. The first-order valence-corrected chi connectivity index (χ1v) is 4.99. The molecule has 72 valence electrons. The number of halogens is 6. The van der Waals surface area contributed by atoms with Gasteiger partial charge in [0.25, 0.3) is 0 Å². The second kappa shape index (κ2) is 3.96. The molecule has 1 aromatic rings. The Morgan fingerprint density at radius 3 is 1.77 bits per heavy atom. The number of alkyl halides is 3. The topological polar surface area (TPSA) is 25.8 Å². The molecule has 0 fully saturated rings. The molecule has 1 aromatic heterocycles. The van der Waals surface area contributed by atoms with Crippen LogP contribution in [0.1, 0.15) is 5.82 Å². The molecule has 0 bridgehead atoms. The van der Waals surface area contributed by atoms with Gasteiger partial charge in [0.1, 0.15) is 3.57 Å². The minimum absolute atomic E-state index is 0.337. The lowest BCUT2D eigenvalue weighted by Gasteiger charge is -2.08. The first-order valence-electron chi connectivity index (χ1n) is 2.78. The van der Waals surface area contributed by atoms with Gasteiger partial charge in [-0.05, 0) is 22.6 Å². The Balaban J connectivity index is 3.29. The Labute approximate surface area is 101 Å². The van der Waals surface area contributed by atoms with Crippen LogP contribution in [-0.4, -0.2) is 9.97 Å². The Morgan fingerprint density at radius 1 is 1.08 bits per heavy atom. The molecule has 0 aliphatic rings. The molecular weight excluding hydrogens is 359 g/mol. The van der Waals surface area contributed by atoms with E-state index >= 15 is 0 Å². The normalized spacial score (nSPS) is 11.8. The summed E-state index contributed by atoms with van der Waals surface area (Å²) in [5, 5.41) is 0. The molecule has 0 aromatic carbocycles. The summed E-state index contributed by atoms with van der Waals surface area (Å²) in [6.07, 6.45) is 0. The molecule has 0 aliphatic heterocycles. The van der Waals surface area contributed by atoms with Crippen molar-refractivity contribution in [3.8, 4) is 0 Å². The number of hydrogen-bond acceptors (Lipinski definition) is 2. The van der Waals surface area contributed by atoms with Crippen LogP contribution in [0.2, 0.25) is 0 Å². The third-order valence-electron chi connectivity index (χ3n) is 1.02. The first-order chi connectivity index (χ1) is 5.82. The fourth-order valence-corrected chi connectivity index (χ4v) is 1.02. The maximum absolute atomic E-state index is 12.8. The summed E-state index contributed by atoms with van der Waals surface area (Å²) in [6, 6.07) is 0. The summed E-state index contributed by atoms with van der Waals surface area (Å²) in [5.74, 6) is -2.61. The SMILES string of the molecule is Fc1nc(C(Cl)(Cl)Cl)nc(F)c1I. The van der Waals surface area contributed by atoms with Gasteiger partial charge in [-0.15, -0.1) is 0 Å². The van der Waals surface area contributed by atoms with Crippen LogP contribution in [-0.2, 0) is 3.79 Å². The molecule has 13 heavy (non-hydrogen) atoms. The van der Waals surface area contributed by atoms with Crippen LogP contribution < -0.4 is 0 Å². The third kappa shape index (κ3) is 2.74. The fourth-order valence-electron chi connectivity index (χ4n) is 0.521. The Morgan fingerprint density at radius 2 is 1.46 bits per heavy atom. The zero-order valence-corrected chi connectivity index (χ0v) is 10.1. The van der Waals surface area contributed by atoms with Gasteiger partial charge < -0.3 is 0 Å². The van der Waals surface area contributed by atoms with E-state index in [1.165, 1.54) is 22.6 Å². The zero-order chi connectivity index (χ0) is 10.2. The average molecular weight is 359 g/mol. The van der Waals surface area contributed by atoms with Crippen molar-refractivity contribution >= 4 is 57.4 Å². The van der Waals surface area contributed by atoms with Crippen LogP contribution in [0.4, 0.5) is 8.78 Å². The van der Waals surface area contributed by atoms with E-state index in [-0.39, 0.29) is 3.57 Å². The summed E-state index contributed by atoms with van der Waals surface area (Å²) >= 11 is 17.4. The lowest BCUT2D eigenvalue weighted by Crippen LogP contribution is -2.12. The van der Waals surface area contributed by atoms with Crippen LogP contribution in [0.15, 0.2) is 0 Å². The monoisotopic (exact) mass is 358 g/mol. The Bertz CT molecular complexity index is 318. The lowest BCUT2D eigenvalue weighted by atomic mass is 10.6. The highest BCUT2D eigenvalue weighted by Gasteiger charge is 2.29. The van der Waals surface area contributed by atoms with Gasteiger partial charge in [0.05, 0.1) is 0 Å². The van der Waals surface area contributed by atoms with Crippen molar-refractivity contribution < 1.29 is 8.78 Å². The molecule has 0 atom stereocenters. The Kier molecular flexibility index (Phi) is 3.54. The molecular formula is C5Cl3F2IN2. The Hall–Kier alpha value is 0.540. The highest BCUT2D eigenvalue weighted by atomic mass is 127. The van der Waals surface area contributed by atoms with Crippen molar-refractivity contribution in [3.05, 3.63) is 21.3 Å². The molecule has 0 radical (unpaired) electrons. The van der Waals surface area contributed by atoms with Crippen LogP contribution >= 0.6 is 57.4 Å². The number of rotatable bonds is 0. The zero-order valence-electron chi connectivity index (χ0n) is 5.66. The van der Waals surface area contributed by atoms with Crippen molar-refractivity contribution in [2.24, 2.45) is 0 Å². The van der Waals surface area contributed by atoms with E-state index < -0.39 is 21.5 Å². The van der Waals surface area contributed by atoms with E-state index in [9.17, 15) is 8.78 Å². The van der Waals surface area contributed by atoms with E-state index in [1.54, 1.807) is 0 Å². The van der Waals surface area contributed by atoms with E-state index in [0.29, 0.717) is 0 Å². The molecule has 0 N–H and O–H groups in total. The summed E-state index contributed by atoms with van der Waals surface area (Å²) in [7, 11) is 0. The van der Waals surface area contributed by atoms with Gasteiger partial charge in [-0.2, -0.15) is 18.7 Å². The highest BCUT2D eigenvalue weighted by Crippen LogP contribution is 2.36. The standard InChI is InChI=1S/C5Cl3F2IN2/c6-5(7,8)4-12-2(9)1(11)3(10)13-4. The molecule has 0 saturated heterocycles. The van der Waals surface area contributed by atoms with Gasteiger partial charge in [0, 0.05) is 0 Å². The van der Waals surface area contributed by atoms with E-state index in [2.05, 4.69) is 9.97 Å². The van der Waals surface area contributed by atoms with Gasteiger partial charge >= 0.3 is 0 Å². The summed E-state index contributed by atoms with van der Waals surface area (Å²) in [5.41, 5.74) is 0. The van der Waals surface area contributed by atoms with Crippen molar-refractivity contribution in [2.75, 3.05) is 0 Å². The predicted molar refractivity (Wildman–Crippen MR) is 53.9 cm³/mol. The number of aromatic nitrogens is 2. The van der Waals surface area contributed by atoms with Gasteiger partial charge in [-0.25, -0.2) is 0 Å².